The Morgan fingerprint density at radius 1 is 1.56 bits per heavy atom. The normalized spacial score (nSPS) is 15.6. The van der Waals surface area contributed by atoms with Crippen LogP contribution in [0.5, 0.6) is 0 Å². The van der Waals surface area contributed by atoms with Gasteiger partial charge in [-0.2, -0.15) is 0 Å². The van der Waals surface area contributed by atoms with E-state index in [1.54, 1.807) is 0 Å². The van der Waals surface area contributed by atoms with E-state index in [-0.39, 0.29) is 10.8 Å². The number of hydrogen-bond donors (Lipinski definition) is 1. The van der Waals surface area contributed by atoms with Gasteiger partial charge in [0.25, 0.3) is 5.69 Å². The summed E-state index contributed by atoms with van der Waals surface area (Å²) in [5, 5.41) is 13.8. The van der Waals surface area contributed by atoms with Crippen molar-refractivity contribution in [3.8, 4) is 0 Å². The minimum absolute atomic E-state index is 0.0314. The van der Waals surface area contributed by atoms with Gasteiger partial charge in [-0.05, 0) is 18.8 Å². The van der Waals surface area contributed by atoms with Crippen molar-refractivity contribution in [2.45, 2.75) is 19.3 Å². The fraction of sp³-hybridized carbons (Fsp3) is 0.500. The number of nitrogens with zero attached hydrogens (tertiary/aromatic N) is 2. The van der Waals surface area contributed by atoms with Crippen LogP contribution in [0.3, 0.4) is 0 Å². The Morgan fingerprint density at radius 2 is 2.31 bits per heavy atom. The van der Waals surface area contributed by atoms with Crippen molar-refractivity contribution in [1.82, 2.24) is 4.98 Å². The molecule has 2 rings (SSSR count). The highest BCUT2D eigenvalue weighted by molar-refractivity contribution is 6.29. The first-order valence-electron chi connectivity index (χ1n) is 5.21. The quantitative estimate of drug-likeness (QED) is 0.500. The molecule has 1 aromatic rings. The standard InChI is InChI=1S/C10H12ClN3O2/c11-9-4-8(14(15)16)5-10(13-9)12-6-7-2-1-3-7/h4-5,7H,1-3,6H2,(H,12,13). The maximum Gasteiger partial charge on any atom is 0.276 e. The van der Waals surface area contributed by atoms with E-state index in [9.17, 15) is 10.1 Å². The van der Waals surface area contributed by atoms with Gasteiger partial charge in [-0.25, -0.2) is 4.98 Å². The average molecular weight is 242 g/mol. The molecule has 0 radical (unpaired) electrons. The molecular weight excluding hydrogens is 230 g/mol. The van der Waals surface area contributed by atoms with Gasteiger partial charge in [-0.1, -0.05) is 18.0 Å². The highest BCUT2D eigenvalue weighted by Gasteiger charge is 2.17. The minimum atomic E-state index is -0.470. The summed E-state index contributed by atoms with van der Waals surface area (Å²) in [6, 6.07) is 2.65. The van der Waals surface area contributed by atoms with Gasteiger partial charge in [-0.3, -0.25) is 10.1 Å². The predicted molar refractivity (Wildman–Crippen MR) is 61.7 cm³/mol. The van der Waals surface area contributed by atoms with Crippen molar-refractivity contribution in [2.24, 2.45) is 5.92 Å². The van der Waals surface area contributed by atoms with E-state index in [2.05, 4.69) is 10.3 Å². The largest absolute Gasteiger partial charge is 0.370 e. The summed E-state index contributed by atoms with van der Waals surface area (Å²) in [5.74, 6) is 1.14. The van der Waals surface area contributed by atoms with E-state index >= 15 is 0 Å². The Morgan fingerprint density at radius 3 is 2.88 bits per heavy atom. The number of nitro groups is 1. The van der Waals surface area contributed by atoms with Gasteiger partial charge < -0.3 is 5.32 Å². The van der Waals surface area contributed by atoms with Crippen LogP contribution in [0.2, 0.25) is 5.15 Å². The van der Waals surface area contributed by atoms with Gasteiger partial charge in [-0.15, -0.1) is 0 Å². The molecule has 1 saturated carbocycles. The van der Waals surface area contributed by atoms with E-state index in [4.69, 9.17) is 11.6 Å². The van der Waals surface area contributed by atoms with E-state index in [1.807, 2.05) is 0 Å². The molecule has 1 aliphatic rings. The molecule has 0 aliphatic heterocycles. The lowest BCUT2D eigenvalue weighted by Gasteiger charge is -2.25. The van der Waals surface area contributed by atoms with Crippen LogP contribution < -0.4 is 5.32 Å². The Kier molecular flexibility index (Phi) is 3.24. The third-order valence-corrected chi connectivity index (χ3v) is 2.98. The van der Waals surface area contributed by atoms with Crippen LogP contribution in [0.25, 0.3) is 0 Å². The Balaban J connectivity index is 2.04. The zero-order chi connectivity index (χ0) is 11.5. The summed E-state index contributed by atoms with van der Waals surface area (Å²) < 4.78 is 0. The Hall–Kier alpha value is -1.36. The van der Waals surface area contributed by atoms with E-state index in [1.165, 1.54) is 31.4 Å². The van der Waals surface area contributed by atoms with Gasteiger partial charge in [0.15, 0.2) is 0 Å². The minimum Gasteiger partial charge on any atom is -0.370 e. The van der Waals surface area contributed by atoms with Gasteiger partial charge in [0, 0.05) is 6.54 Å². The molecular formula is C10H12ClN3O2. The van der Waals surface area contributed by atoms with Crippen LogP contribution in [0.1, 0.15) is 19.3 Å². The molecule has 0 atom stereocenters. The van der Waals surface area contributed by atoms with Crippen LogP contribution in [0, 0.1) is 16.0 Å². The molecule has 86 valence electrons. The monoisotopic (exact) mass is 241 g/mol. The van der Waals surface area contributed by atoms with Gasteiger partial charge in [0.1, 0.15) is 11.0 Å². The van der Waals surface area contributed by atoms with Crippen molar-refractivity contribution >= 4 is 23.1 Å². The Labute approximate surface area is 98.0 Å². The molecule has 1 aliphatic carbocycles. The molecule has 0 bridgehead atoms. The maximum atomic E-state index is 10.6. The molecule has 1 aromatic heterocycles. The molecule has 0 saturated heterocycles. The zero-order valence-electron chi connectivity index (χ0n) is 8.65. The number of pyridine rings is 1. The molecule has 5 nitrogen and oxygen atoms in total. The summed E-state index contributed by atoms with van der Waals surface area (Å²) in [7, 11) is 0. The van der Waals surface area contributed by atoms with Gasteiger partial charge >= 0.3 is 0 Å². The SMILES string of the molecule is O=[N+]([O-])c1cc(Cl)nc(NCC2CCC2)c1. The third kappa shape index (κ3) is 2.61. The molecule has 1 N–H and O–H groups in total. The van der Waals surface area contributed by atoms with Crippen LogP contribution in [0.4, 0.5) is 11.5 Å². The van der Waals surface area contributed by atoms with Crippen LogP contribution in [0.15, 0.2) is 12.1 Å². The van der Waals surface area contributed by atoms with E-state index < -0.39 is 4.92 Å². The second-order valence-corrected chi connectivity index (χ2v) is 4.36. The molecule has 6 heteroatoms. The number of hydrogen-bond acceptors (Lipinski definition) is 4. The van der Waals surface area contributed by atoms with Gasteiger partial charge in [0.05, 0.1) is 17.1 Å². The number of nitrogens with one attached hydrogen (secondary N) is 1. The van der Waals surface area contributed by atoms with Crippen LogP contribution >= 0.6 is 11.6 Å². The number of aromatic nitrogens is 1. The second-order valence-electron chi connectivity index (χ2n) is 3.97. The first-order valence-corrected chi connectivity index (χ1v) is 5.59. The fourth-order valence-electron chi connectivity index (χ4n) is 1.63. The van der Waals surface area contributed by atoms with Crippen molar-refractivity contribution in [3.63, 3.8) is 0 Å². The highest BCUT2D eigenvalue weighted by atomic mass is 35.5. The maximum absolute atomic E-state index is 10.6. The van der Waals surface area contributed by atoms with Crippen LogP contribution in [-0.2, 0) is 0 Å². The lowest BCUT2D eigenvalue weighted by Crippen LogP contribution is -2.21. The van der Waals surface area contributed by atoms with Gasteiger partial charge in [0.2, 0.25) is 0 Å². The molecule has 0 aromatic carbocycles. The molecule has 0 amide bonds. The lowest BCUT2D eigenvalue weighted by atomic mass is 9.85. The Bertz CT molecular complexity index is 407. The topological polar surface area (TPSA) is 68.1 Å². The molecule has 0 spiro atoms. The van der Waals surface area contributed by atoms with Crippen molar-refractivity contribution in [2.75, 3.05) is 11.9 Å². The summed E-state index contributed by atoms with van der Waals surface area (Å²) >= 11 is 5.70. The van der Waals surface area contributed by atoms with E-state index in [0.717, 1.165) is 6.54 Å². The molecule has 0 unspecified atom stereocenters. The van der Waals surface area contributed by atoms with Crippen molar-refractivity contribution in [1.29, 1.82) is 0 Å². The number of anilines is 1. The summed E-state index contributed by atoms with van der Waals surface area (Å²) in [6.45, 7) is 0.810. The lowest BCUT2D eigenvalue weighted by molar-refractivity contribution is -0.384. The van der Waals surface area contributed by atoms with Crippen molar-refractivity contribution < 1.29 is 4.92 Å². The average Bonchev–Trinajstić information content (AvgIpc) is 2.14. The second kappa shape index (κ2) is 4.65. The highest BCUT2D eigenvalue weighted by Crippen LogP contribution is 2.27. The third-order valence-electron chi connectivity index (χ3n) is 2.79. The zero-order valence-corrected chi connectivity index (χ0v) is 9.41. The summed E-state index contributed by atoms with van der Waals surface area (Å²) in [4.78, 5) is 14.1. The fourth-order valence-corrected chi connectivity index (χ4v) is 1.83. The smallest absolute Gasteiger partial charge is 0.276 e. The molecule has 1 fully saturated rings. The van der Waals surface area contributed by atoms with Crippen molar-refractivity contribution in [3.05, 3.63) is 27.4 Å². The first-order chi connectivity index (χ1) is 7.65. The van der Waals surface area contributed by atoms with E-state index in [0.29, 0.717) is 11.7 Å². The summed E-state index contributed by atoms with van der Waals surface area (Å²) in [5.41, 5.74) is -0.0314. The number of rotatable bonds is 4. The number of halogens is 1. The predicted octanol–water partition coefficient (Wildman–Crippen LogP) is 2.86. The first kappa shape index (κ1) is 11.1. The molecule has 1 heterocycles. The molecule has 16 heavy (non-hydrogen) atoms. The summed E-state index contributed by atoms with van der Waals surface area (Å²) in [6.07, 6.45) is 3.71. The van der Waals surface area contributed by atoms with Crippen LogP contribution in [-0.4, -0.2) is 16.5 Å².